The molecule has 0 bridgehead atoms. The summed E-state index contributed by atoms with van der Waals surface area (Å²) in [5.41, 5.74) is 0. The topological polar surface area (TPSA) is 12.4 Å². The summed E-state index contributed by atoms with van der Waals surface area (Å²) in [5.74, 6) is 1.42. The second kappa shape index (κ2) is 3.65. The first-order chi connectivity index (χ1) is 3.68. The third-order valence-corrected chi connectivity index (χ3v) is 1.56. The van der Waals surface area contributed by atoms with Gasteiger partial charge in [-0.05, 0) is 18.6 Å². The van der Waals surface area contributed by atoms with E-state index in [2.05, 4.69) is 32.5 Å². The summed E-state index contributed by atoms with van der Waals surface area (Å²) in [6, 6.07) is 0. The number of nitrogens with zero attached hydrogens (tertiary/aromatic N) is 1. The van der Waals surface area contributed by atoms with Crippen molar-refractivity contribution in [3.8, 4) is 0 Å². The normalized spacial score (nSPS) is 14.0. The van der Waals surface area contributed by atoms with Crippen LogP contribution in [0.4, 0.5) is 0 Å². The average Bonchev–Trinajstić information content (AvgIpc) is 1.67. The zero-order valence-corrected chi connectivity index (χ0v) is 6.02. The first kappa shape index (κ1) is 7.67. The summed E-state index contributed by atoms with van der Waals surface area (Å²) in [6.45, 7) is 10.9. The van der Waals surface area contributed by atoms with Gasteiger partial charge in [-0.25, -0.2) is 0 Å². The van der Waals surface area contributed by atoms with E-state index in [1.165, 1.54) is 0 Å². The molecule has 0 aliphatic carbocycles. The molecule has 0 aromatic carbocycles. The van der Waals surface area contributed by atoms with Crippen molar-refractivity contribution >= 4 is 6.72 Å². The van der Waals surface area contributed by atoms with Gasteiger partial charge in [0.05, 0.1) is 0 Å². The standard InChI is InChI=1S/C7H15N/c1-6(2)7(3)5-8-4/h6-7H,4-5H2,1-3H3. The Hall–Kier alpha value is -0.330. The maximum atomic E-state index is 3.81. The molecule has 0 aromatic rings. The van der Waals surface area contributed by atoms with Crippen LogP contribution in [0.3, 0.4) is 0 Å². The number of aliphatic imine (C=N–C) groups is 1. The first-order valence-electron chi connectivity index (χ1n) is 3.11. The highest BCUT2D eigenvalue weighted by Gasteiger charge is 2.03. The summed E-state index contributed by atoms with van der Waals surface area (Å²) in [5, 5.41) is 0. The van der Waals surface area contributed by atoms with E-state index in [4.69, 9.17) is 0 Å². The molecular weight excluding hydrogens is 98.1 g/mol. The van der Waals surface area contributed by atoms with Crippen molar-refractivity contribution in [3.05, 3.63) is 0 Å². The van der Waals surface area contributed by atoms with Gasteiger partial charge in [-0.2, -0.15) is 0 Å². The molecule has 1 atom stereocenters. The van der Waals surface area contributed by atoms with Gasteiger partial charge in [-0.3, -0.25) is 0 Å². The summed E-state index contributed by atoms with van der Waals surface area (Å²) < 4.78 is 0. The maximum absolute atomic E-state index is 3.81. The lowest BCUT2D eigenvalue weighted by Gasteiger charge is -2.10. The Labute approximate surface area is 51.8 Å². The van der Waals surface area contributed by atoms with Crippen LogP contribution in [0.1, 0.15) is 20.8 Å². The molecule has 0 fully saturated rings. The Morgan fingerprint density at radius 2 is 1.88 bits per heavy atom. The van der Waals surface area contributed by atoms with Crippen molar-refractivity contribution < 1.29 is 0 Å². The molecule has 8 heavy (non-hydrogen) atoms. The van der Waals surface area contributed by atoms with Crippen molar-refractivity contribution in [1.29, 1.82) is 0 Å². The highest BCUT2D eigenvalue weighted by Crippen LogP contribution is 2.08. The lowest BCUT2D eigenvalue weighted by atomic mass is 9.99. The van der Waals surface area contributed by atoms with Crippen LogP contribution in [-0.2, 0) is 0 Å². The van der Waals surface area contributed by atoms with E-state index in [0.717, 1.165) is 12.5 Å². The second-order valence-corrected chi connectivity index (χ2v) is 2.63. The molecule has 48 valence electrons. The third-order valence-electron chi connectivity index (χ3n) is 1.56. The van der Waals surface area contributed by atoms with Gasteiger partial charge in [0, 0.05) is 6.54 Å². The van der Waals surface area contributed by atoms with Gasteiger partial charge < -0.3 is 4.99 Å². The van der Waals surface area contributed by atoms with Gasteiger partial charge in [0.25, 0.3) is 0 Å². The summed E-state index contributed by atoms with van der Waals surface area (Å²) >= 11 is 0. The van der Waals surface area contributed by atoms with Gasteiger partial charge in [0.2, 0.25) is 0 Å². The quantitative estimate of drug-likeness (QED) is 0.496. The lowest BCUT2D eigenvalue weighted by molar-refractivity contribution is 0.431. The number of hydrogen-bond donors (Lipinski definition) is 0. The van der Waals surface area contributed by atoms with E-state index < -0.39 is 0 Å². The van der Waals surface area contributed by atoms with E-state index in [1.54, 1.807) is 0 Å². The van der Waals surface area contributed by atoms with Crippen molar-refractivity contribution in [2.75, 3.05) is 6.54 Å². The predicted octanol–water partition coefficient (Wildman–Crippen LogP) is 1.98. The van der Waals surface area contributed by atoms with Crippen LogP contribution in [-0.4, -0.2) is 13.3 Å². The zero-order chi connectivity index (χ0) is 6.57. The summed E-state index contributed by atoms with van der Waals surface area (Å²) in [4.78, 5) is 3.81. The Morgan fingerprint density at radius 1 is 1.38 bits per heavy atom. The Morgan fingerprint density at radius 3 is 2.00 bits per heavy atom. The van der Waals surface area contributed by atoms with Crippen LogP contribution in [0.5, 0.6) is 0 Å². The lowest BCUT2D eigenvalue weighted by Crippen LogP contribution is -2.06. The van der Waals surface area contributed by atoms with Gasteiger partial charge in [-0.1, -0.05) is 20.8 Å². The van der Waals surface area contributed by atoms with Crippen molar-refractivity contribution in [3.63, 3.8) is 0 Å². The van der Waals surface area contributed by atoms with Crippen LogP contribution >= 0.6 is 0 Å². The second-order valence-electron chi connectivity index (χ2n) is 2.63. The highest BCUT2D eigenvalue weighted by molar-refractivity contribution is 5.23. The molecule has 1 unspecified atom stereocenters. The SMILES string of the molecule is C=NCC(C)C(C)C. The monoisotopic (exact) mass is 113 g/mol. The molecule has 0 N–H and O–H groups in total. The molecule has 0 rings (SSSR count). The predicted molar refractivity (Wildman–Crippen MR) is 38.4 cm³/mol. The zero-order valence-electron chi connectivity index (χ0n) is 6.02. The van der Waals surface area contributed by atoms with Crippen LogP contribution in [0, 0.1) is 11.8 Å². The fourth-order valence-electron chi connectivity index (χ4n) is 0.414. The van der Waals surface area contributed by atoms with Gasteiger partial charge in [0.15, 0.2) is 0 Å². The van der Waals surface area contributed by atoms with Crippen molar-refractivity contribution in [2.45, 2.75) is 20.8 Å². The largest absolute Gasteiger partial charge is 0.301 e. The smallest absolute Gasteiger partial charge is 0.0410 e. The maximum Gasteiger partial charge on any atom is 0.0410 e. The van der Waals surface area contributed by atoms with Crippen molar-refractivity contribution in [1.82, 2.24) is 0 Å². The molecule has 0 amide bonds. The van der Waals surface area contributed by atoms with E-state index in [0.29, 0.717) is 5.92 Å². The van der Waals surface area contributed by atoms with Crippen LogP contribution < -0.4 is 0 Å². The van der Waals surface area contributed by atoms with Crippen LogP contribution in [0.25, 0.3) is 0 Å². The van der Waals surface area contributed by atoms with Gasteiger partial charge in [0.1, 0.15) is 0 Å². The van der Waals surface area contributed by atoms with E-state index in [1.807, 2.05) is 0 Å². The Bertz CT molecular complexity index is 66.8. The van der Waals surface area contributed by atoms with Crippen molar-refractivity contribution in [2.24, 2.45) is 16.8 Å². The van der Waals surface area contributed by atoms with Gasteiger partial charge in [-0.15, -0.1) is 0 Å². The minimum Gasteiger partial charge on any atom is -0.301 e. The van der Waals surface area contributed by atoms with E-state index in [-0.39, 0.29) is 0 Å². The molecule has 0 heterocycles. The molecular formula is C7H15N. The van der Waals surface area contributed by atoms with E-state index in [9.17, 15) is 0 Å². The Balaban J connectivity index is 3.30. The summed E-state index contributed by atoms with van der Waals surface area (Å²) in [7, 11) is 0. The van der Waals surface area contributed by atoms with E-state index >= 15 is 0 Å². The molecule has 0 saturated heterocycles. The molecule has 0 radical (unpaired) electrons. The fraction of sp³-hybridized carbons (Fsp3) is 0.857. The molecule has 0 aliphatic heterocycles. The van der Waals surface area contributed by atoms with Crippen LogP contribution in [0.2, 0.25) is 0 Å². The molecule has 0 spiro atoms. The molecule has 0 saturated carbocycles. The molecule has 0 aliphatic rings. The minimum atomic E-state index is 0.687. The summed E-state index contributed by atoms with van der Waals surface area (Å²) in [6.07, 6.45) is 0. The Kier molecular flexibility index (Phi) is 3.49. The fourth-order valence-corrected chi connectivity index (χ4v) is 0.414. The van der Waals surface area contributed by atoms with Gasteiger partial charge >= 0.3 is 0 Å². The number of hydrogen-bond acceptors (Lipinski definition) is 1. The highest BCUT2D eigenvalue weighted by atomic mass is 14.7. The van der Waals surface area contributed by atoms with Crippen LogP contribution in [0.15, 0.2) is 4.99 Å². The number of rotatable bonds is 3. The first-order valence-corrected chi connectivity index (χ1v) is 3.11. The minimum absolute atomic E-state index is 0.687. The molecule has 1 nitrogen and oxygen atoms in total. The molecule has 0 aromatic heterocycles. The molecule has 1 heteroatoms. The third kappa shape index (κ3) is 2.78. The average molecular weight is 113 g/mol.